The van der Waals surface area contributed by atoms with Crippen molar-refractivity contribution in [3.05, 3.63) is 28.3 Å². The lowest BCUT2D eigenvalue weighted by molar-refractivity contribution is -0.384. The summed E-state index contributed by atoms with van der Waals surface area (Å²) in [6.07, 6.45) is 0. The van der Waals surface area contributed by atoms with Crippen LogP contribution in [-0.2, 0) is 4.79 Å². The number of nitro groups is 1. The zero-order chi connectivity index (χ0) is 13.7. The van der Waals surface area contributed by atoms with Crippen molar-refractivity contribution < 1.29 is 19.6 Å². The number of rotatable bonds is 6. The van der Waals surface area contributed by atoms with Gasteiger partial charge in [-0.05, 0) is 26.0 Å². The number of anilines is 1. The minimum absolute atomic E-state index is 0.116. The summed E-state index contributed by atoms with van der Waals surface area (Å²) in [6, 6.07) is 3.55. The molecule has 0 saturated heterocycles. The molecular formula is C11H14N2O5. The van der Waals surface area contributed by atoms with E-state index in [-0.39, 0.29) is 17.1 Å². The smallest absolute Gasteiger partial charge is 0.333 e. The highest BCUT2D eigenvalue weighted by atomic mass is 16.6. The Morgan fingerprint density at radius 3 is 2.78 bits per heavy atom. The molecular weight excluding hydrogens is 240 g/mol. The maximum atomic E-state index is 11.0. The molecule has 0 radical (unpaired) electrons. The number of hydrogen-bond donors (Lipinski definition) is 2. The first-order valence-electron chi connectivity index (χ1n) is 5.37. The predicted molar refractivity (Wildman–Crippen MR) is 65.0 cm³/mol. The average Bonchev–Trinajstić information content (AvgIpc) is 2.29. The molecule has 0 amide bonds. The molecule has 0 heterocycles. The van der Waals surface area contributed by atoms with Crippen molar-refractivity contribution in [1.82, 2.24) is 0 Å². The largest absolute Gasteiger partial charge is 0.487 e. The van der Waals surface area contributed by atoms with Gasteiger partial charge in [0, 0.05) is 0 Å². The SMILES string of the molecule is CCOc1cccc(NC(C)C(=O)O)c1[N+](=O)[O-]. The van der Waals surface area contributed by atoms with Crippen LogP contribution < -0.4 is 10.1 Å². The third-order valence-electron chi connectivity index (χ3n) is 2.22. The Morgan fingerprint density at radius 1 is 1.61 bits per heavy atom. The second kappa shape index (κ2) is 5.85. The van der Waals surface area contributed by atoms with E-state index in [4.69, 9.17) is 9.84 Å². The summed E-state index contributed by atoms with van der Waals surface area (Å²) in [6.45, 7) is 3.40. The molecule has 1 unspecified atom stereocenters. The maximum Gasteiger partial charge on any atom is 0.333 e. The quantitative estimate of drug-likeness (QED) is 0.593. The van der Waals surface area contributed by atoms with Gasteiger partial charge in [-0.15, -0.1) is 0 Å². The summed E-state index contributed by atoms with van der Waals surface area (Å²) in [5.41, 5.74) is -0.131. The Labute approximate surface area is 104 Å². The minimum Gasteiger partial charge on any atom is -0.487 e. The van der Waals surface area contributed by atoms with Gasteiger partial charge in [0.15, 0.2) is 5.75 Å². The number of para-hydroxylation sites is 1. The first kappa shape index (κ1) is 13.8. The Kier molecular flexibility index (Phi) is 4.47. The zero-order valence-electron chi connectivity index (χ0n) is 10.0. The Bertz CT molecular complexity index is 461. The number of ether oxygens (including phenoxy) is 1. The molecule has 1 rings (SSSR count). The van der Waals surface area contributed by atoms with E-state index in [1.54, 1.807) is 13.0 Å². The number of carboxylic acid groups (broad SMARTS) is 1. The lowest BCUT2D eigenvalue weighted by Gasteiger charge is -2.12. The van der Waals surface area contributed by atoms with Gasteiger partial charge in [0.1, 0.15) is 11.7 Å². The summed E-state index contributed by atoms with van der Waals surface area (Å²) in [5.74, 6) is -0.976. The molecule has 0 fully saturated rings. The Morgan fingerprint density at radius 2 is 2.28 bits per heavy atom. The van der Waals surface area contributed by atoms with Crippen molar-refractivity contribution in [2.45, 2.75) is 19.9 Å². The summed E-state index contributed by atoms with van der Waals surface area (Å²) >= 11 is 0. The summed E-state index contributed by atoms with van der Waals surface area (Å²) < 4.78 is 5.15. The zero-order valence-corrected chi connectivity index (χ0v) is 10.0. The van der Waals surface area contributed by atoms with Gasteiger partial charge in [-0.2, -0.15) is 0 Å². The molecule has 0 aromatic heterocycles. The summed E-state index contributed by atoms with van der Waals surface area (Å²) in [5, 5.41) is 22.4. The molecule has 0 aliphatic carbocycles. The van der Waals surface area contributed by atoms with E-state index < -0.39 is 16.9 Å². The molecule has 1 atom stereocenters. The highest BCUT2D eigenvalue weighted by molar-refractivity contribution is 5.79. The van der Waals surface area contributed by atoms with Crippen LogP contribution in [0.5, 0.6) is 5.75 Å². The van der Waals surface area contributed by atoms with Crippen molar-refractivity contribution in [1.29, 1.82) is 0 Å². The molecule has 1 aromatic carbocycles. The van der Waals surface area contributed by atoms with Gasteiger partial charge in [-0.3, -0.25) is 14.9 Å². The average molecular weight is 254 g/mol. The van der Waals surface area contributed by atoms with Crippen molar-refractivity contribution in [3.8, 4) is 5.75 Å². The fourth-order valence-electron chi connectivity index (χ4n) is 1.39. The van der Waals surface area contributed by atoms with E-state index in [9.17, 15) is 14.9 Å². The number of nitrogens with zero attached hydrogens (tertiary/aromatic N) is 1. The molecule has 0 saturated carbocycles. The second-order valence-corrected chi connectivity index (χ2v) is 3.55. The van der Waals surface area contributed by atoms with Crippen LogP contribution >= 0.6 is 0 Å². The van der Waals surface area contributed by atoms with Gasteiger partial charge in [0.2, 0.25) is 0 Å². The molecule has 0 aliphatic heterocycles. The van der Waals surface area contributed by atoms with E-state index in [0.717, 1.165) is 0 Å². The van der Waals surface area contributed by atoms with Crippen molar-refractivity contribution in [2.75, 3.05) is 11.9 Å². The lowest BCUT2D eigenvalue weighted by Crippen LogP contribution is -2.25. The van der Waals surface area contributed by atoms with Crippen LogP contribution in [0.4, 0.5) is 11.4 Å². The third kappa shape index (κ3) is 3.09. The van der Waals surface area contributed by atoms with Crippen LogP contribution in [0.2, 0.25) is 0 Å². The molecule has 7 heteroatoms. The second-order valence-electron chi connectivity index (χ2n) is 3.55. The highest BCUT2D eigenvalue weighted by Gasteiger charge is 2.23. The first-order valence-corrected chi connectivity index (χ1v) is 5.37. The lowest BCUT2D eigenvalue weighted by atomic mass is 10.2. The number of hydrogen-bond acceptors (Lipinski definition) is 5. The van der Waals surface area contributed by atoms with Gasteiger partial charge in [0.05, 0.1) is 11.5 Å². The predicted octanol–water partition coefficient (Wildman–Crippen LogP) is 1.88. The summed E-state index contributed by atoms with van der Waals surface area (Å²) in [7, 11) is 0. The van der Waals surface area contributed by atoms with Crippen molar-refractivity contribution in [3.63, 3.8) is 0 Å². The van der Waals surface area contributed by atoms with Crippen LogP contribution in [-0.4, -0.2) is 28.6 Å². The van der Waals surface area contributed by atoms with Crippen LogP contribution in [0, 0.1) is 10.1 Å². The topological polar surface area (TPSA) is 102 Å². The van der Waals surface area contributed by atoms with E-state index in [2.05, 4.69) is 5.32 Å². The first-order chi connectivity index (χ1) is 8.47. The molecule has 1 aromatic rings. The van der Waals surface area contributed by atoms with E-state index in [1.807, 2.05) is 0 Å². The number of nitro benzene ring substituents is 1. The van der Waals surface area contributed by atoms with Crippen LogP contribution in [0.15, 0.2) is 18.2 Å². The number of carbonyl (C=O) groups is 1. The van der Waals surface area contributed by atoms with Gasteiger partial charge in [0.25, 0.3) is 0 Å². The van der Waals surface area contributed by atoms with E-state index in [1.165, 1.54) is 19.1 Å². The molecule has 7 nitrogen and oxygen atoms in total. The van der Waals surface area contributed by atoms with E-state index in [0.29, 0.717) is 6.61 Å². The summed E-state index contributed by atoms with van der Waals surface area (Å²) in [4.78, 5) is 21.1. The van der Waals surface area contributed by atoms with Gasteiger partial charge < -0.3 is 15.2 Å². The monoisotopic (exact) mass is 254 g/mol. The molecule has 2 N–H and O–H groups in total. The highest BCUT2D eigenvalue weighted by Crippen LogP contribution is 2.35. The molecule has 0 aliphatic rings. The standard InChI is InChI=1S/C11H14N2O5/c1-3-18-9-6-4-5-8(10(9)13(16)17)12-7(2)11(14)15/h4-7,12H,3H2,1-2H3,(H,14,15). The number of nitrogens with one attached hydrogen (secondary N) is 1. The molecule has 18 heavy (non-hydrogen) atoms. The minimum atomic E-state index is -1.09. The van der Waals surface area contributed by atoms with Crippen molar-refractivity contribution in [2.24, 2.45) is 0 Å². The maximum absolute atomic E-state index is 11.0. The number of carboxylic acids is 1. The number of aliphatic carboxylic acids is 1. The molecule has 0 spiro atoms. The van der Waals surface area contributed by atoms with Gasteiger partial charge in [-0.25, -0.2) is 0 Å². The number of benzene rings is 1. The Hall–Kier alpha value is -2.31. The van der Waals surface area contributed by atoms with Crippen LogP contribution in [0.1, 0.15) is 13.8 Å². The van der Waals surface area contributed by atoms with Crippen LogP contribution in [0.25, 0.3) is 0 Å². The van der Waals surface area contributed by atoms with Crippen molar-refractivity contribution >= 4 is 17.3 Å². The molecule has 0 bridgehead atoms. The fourth-order valence-corrected chi connectivity index (χ4v) is 1.39. The fraction of sp³-hybridized carbons (Fsp3) is 0.364. The van der Waals surface area contributed by atoms with Gasteiger partial charge >= 0.3 is 11.7 Å². The molecule has 98 valence electrons. The third-order valence-corrected chi connectivity index (χ3v) is 2.22. The van der Waals surface area contributed by atoms with Gasteiger partial charge in [-0.1, -0.05) is 6.07 Å². The van der Waals surface area contributed by atoms with E-state index >= 15 is 0 Å². The van der Waals surface area contributed by atoms with Crippen LogP contribution in [0.3, 0.4) is 0 Å². The normalized spacial score (nSPS) is 11.7. The Balaban J connectivity index is 3.14.